The number of nitrogens with one attached hydrogen (secondary N) is 1. The summed E-state index contributed by atoms with van der Waals surface area (Å²) in [5, 5.41) is 1.21. The molecule has 0 spiro atoms. The zero-order chi connectivity index (χ0) is 19.1. The molecular weight excluding hydrogens is 334 g/mol. The maximum absolute atomic E-state index is 5.67. The maximum Gasteiger partial charge on any atom is 0.141 e. The van der Waals surface area contributed by atoms with Gasteiger partial charge in [0.15, 0.2) is 0 Å². The van der Waals surface area contributed by atoms with Crippen LogP contribution < -0.4 is 5.73 Å². The lowest BCUT2D eigenvalue weighted by atomic mass is 9.95. The van der Waals surface area contributed by atoms with Crippen molar-refractivity contribution in [3.05, 3.63) is 59.7 Å². The van der Waals surface area contributed by atoms with Crippen LogP contribution in [0.25, 0.3) is 33.4 Å². The number of aryl methyl sites for hydroxylation is 2. The molecule has 0 aliphatic carbocycles. The van der Waals surface area contributed by atoms with Gasteiger partial charge in [-0.25, -0.2) is 4.98 Å². The number of rotatable bonds is 3. The van der Waals surface area contributed by atoms with Crippen LogP contribution >= 0.6 is 0 Å². The fraction of sp³-hybridized carbons (Fsp3) is 0.227. The van der Waals surface area contributed by atoms with E-state index in [0.717, 1.165) is 33.9 Å². The molecule has 0 saturated carbocycles. The van der Waals surface area contributed by atoms with Crippen molar-refractivity contribution in [2.45, 2.75) is 33.6 Å². The third-order valence-electron chi connectivity index (χ3n) is 4.75. The smallest absolute Gasteiger partial charge is 0.141 e. The minimum Gasteiger partial charge on any atom is -0.382 e. The highest BCUT2D eigenvalue weighted by molar-refractivity contribution is 5.94. The van der Waals surface area contributed by atoms with E-state index in [2.05, 4.69) is 64.1 Å². The number of hydrogen-bond donors (Lipinski definition) is 2. The molecule has 136 valence electrons. The van der Waals surface area contributed by atoms with Crippen molar-refractivity contribution in [3.8, 4) is 22.5 Å². The van der Waals surface area contributed by atoms with Gasteiger partial charge in [-0.15, -0.1) is 0 Å². The molecule has 0 saturated heterocycles. The van der Waals surface area contributed by atoms with Crippen LogP contribution in [0.15, 0.2) is 42.7 Å². The molecule has 0 atom stereocenters. The standard InChI is InChI=1S/C22H23N5/c1-12(2)21-17-9-15(19-10-25-20(23)11-24-19)5-6-18(17)27-22(21)16-7-13(3)26-14(4)8-16/h5-12,27H,1-4H3,(H2,23,25). The Kier molecular flexibility index (Phi) is 4.15. The van der Waals surface area contributed by atoms with E-state index in [0.29, 0.717) is 11.7 Å². The molecule has 5 heteroatoms. The highest BCUT2D eigenvalue weighted by Gasteiger charge is 2.17. The number of nitrogens with zero attached hydrogens (tertiary/aromatic N) is 3. The van der Waals surface area contributed by atoms with Gasteiger partial charge in [0.25, 0.3) is 0 Å². The van der Waals surface area contributed by atoms with Crippen LogP contribution in [0.1, 0.15) is 36.7 Å². The van der Waals surface area contributed by atoms with Crippen molar-refractivity contribution < 1.29 is 0 Å². The van der Waals surface area contributed by atoms with E-state index < -0.39 is 0 Å². The van der Waals surface area contributed by atoms with Crippen LogP contribution in [-0.2, 0) is 0 Å². The summed E-state index contributed by atoms with van der Waals surface area (Å²) in [6, 6.07) is 10.6. The summed E-state index contributed by atoms with van der Waals surface area (Å²) in [5.74, 6) is 0.797. The molecule has 0 amide bonds. The first-order valence-electron chi connectivity index (χ1n) is 9.11. The van der Waals surface area contributed by atoms with Gasteiger partial charge in [-0.2, -0.15) is 0 Å². The van der Waals surface area contributed by atoms with Crippen LogP contribution in [0.4, 0.5) is 5.82 Å². The van der Waals surface area contributed by atoms with E-state index in [4.69, 9.17) is 5.73 Å². The largest absolute Gasteiger partial charge is 0.382 e. The molecule has 0 bridgehead atoms. The van der Waals surface area contributed by atoms with Gasteiger partial charge in [0.05, 0.1) is 23.8 Å². The van der Waals surface area contributed by atoms with Gasteiger partial charge < -0.3 is 10.7 Å². The quantitative estimate of drug-likeness (QED) is 0.540. The fourth-order valence-corrected chi connectivity index (χ4v) is 3.67. The number of fused-ring (bicyclic) bond motifs is 1. The Morgan fingerprint density at radius 2 is 1.67 bits per heavy atom. The number of hydrogen-bond acceptors (Lipinski definition) is 4. The lowest BCUT2D eigenvalue weighted by Crippen LogP contribution is -1.94. The zero-order valence-electron chi connectivity index (χ0n) is 16.0. The van der Waals surface area contributed by atoms with Crippen LogP contribution in [0.2, 0.25) is 0 Å². The molecule has 0 aliphatic rings. The van der Waals surface area contributed by atoms with Gasteiger partial charge in [-0.1, -0.05) is 19.9 Å². The Morgan fingerprint density at radius 3 is 2.30 bits per heavy atom. The van der Waals surface area contributed by atoms with Crippen LogP contribution in [0, 0.1) is 13.8 Å². The van der Waals surface area contributed by atoms with E-state index in [1.807, 2.05) is 13.8 Å². The van der Waals surface area contributed by atoms with E-state index in [-0.39, 0.29) is 0 Å². The maximum atomic E-state index is 5.67. The van der Waals surface area contributed by atoms with E-state index in [1.165, 1.54) is 16.5 Å². The highest BCUT2D eigenvalue weighted by atomic mass is 14.9. The SMILES string of the molecule is Cc1cc(-c2[nH]c3ccc(-c4cnc(N)cn4)cc3c2C(C)C)cc(C)n1. The monoisotopic (exact) mass is 357 g/mol. The number of aromatic amines is 1. The lowest BCUT2D eigenvalue weighted by molar-refractivity contribution is 0.878. The van der Waals surface area contributed by atoms with Crippen molar-refractivity contribution in [3.63, 3.8) is 0 Å². The molecule has 3 N–H and O–H groups in total. The molecule has 3 heterocycles. The lowest BCUT2D eigenvalue weighted by Gasteiger charge is -2.10. The summed E-state index contributed by atoms with van der Waals surface area (Å²) in [7, 11) is 0. The average molecular weight is 357 g/mol. The molecule has 1 aromatic carbocycles. The molecule has 5 nitrogen and oxygen atoms in total. The summed E-state index contributed by atoms with van der Waals surface area (Å²) >= 11 is 0. The highest BCUT2D eigenvalue weighted by Crippen LogP contribution is 2.37. The first-order valence-corrected chi connectivity index (χ1v) is 9.11. The van der Waals surface area contributed by atoms with Crippen molar-refractivity contribution in [2.24, 2.45) is 0 Å². The molecular formula is C22H23N5. The predicted molar refractivity (Wildman–Crippen MR) is 111 cm³/mol. The number of benzene rings is 1. The minimum absolute atomic E-state index is 0.371. The minimum atomic E-state index is 0.371. The van der Waals surface area contributed by atoms with Gasteiger partial charge in [0.1, 0.15) is 5.82 Å². The predicted octanol–water partition coefficient (Wildman–Crippen LogP) is 5.01. The third kappa shape index (κ3) is 3.16. The molecule has 4 aromatic rings. The Bertz CT molecular complexity index is 1100. The van der Waals surface area contributed by atoms with Gasteiger partial charge in [0.2, 0.25) is 0 Å². The van der Waals surface area contributed by atoms with Crippen molar-refractivity contribution >= 4 is 16.7 Å². The van der Waals surface area contributed by atoms with E-state index >= 15 is 0 Å². The van der Waals surface area contributed by atoms with Gasteiger partial charge in [0, 0.05) is 33.4 Å². The summed E-state index contributed by atoms with van der Waals surface area (Å²) in [6.45, 7) is 8.52. The zero-order valence-corrected chi connectivity index (χ0v) is 16.0. The van der Waals surface area contributed by atoms with Crippen LogP contribution in [-0.4, -0.2) is 19.9 Å². The second-order valence-electron chi connectivity index (χ2n) is 7.29. The number of anilines is 1. The normalized spacial score (nSPS) is 11.4. The second-order valence-corrected chi connectivity index (χ2v) is 7.29. The van der Waals surface area contributed by atoms with E-state index in [1.54, 1.807) is 12.4 Å². The Morgan fingerprint density at radius 1 is 0.926 bits per heavy atom. The van der Waals surface area contributed by atoms with Crippen molar-refractivity contribution in [1.82, 2.24) is 19.9 Å². The summed E-state index contributed by atoms with van der Waals surface area (Å²) in [6.07, 6.45) is 3.31. The molecule has 4 rings (SSSR count). The van der Waals surface area contributed by atoms with Gasteiger partial charge in [-0.3, -0.25) is 9.97 Å². The Balaban J connectivity index is 1.93. The number of nitrogen functional groups attached to an aromatic ring is 1. The third-order valence-corrected chi connectivity index (χ3v) is 4.75. The summed E-state index contributed by atoms with van der Waals surface area (Å²) in [5.41, 5.74) is 14.3. The Hall–Kier alpha value is -3.21. The van der Waals surface area contributed by atoms with Gasteiger partial charge >= 0.3 is 0 Å². The first kappa shape index (κ1) is 17.2. The summed E-state index contributed by atoms with van der Waals surface area (Å²) in [4.78, 5) is 16.7. The number of nitrogens with two attached hydrogens (primary N) is 1. The molecule has 0 fully saturated rings. The summed E-state index contributed by atoms with van der Waals surface area (Å²) < 4.78 is 0. The molecule has 0 unspecified atom stereocenters. The van der Waals surface area contributed by atoms with Crippen LogP contribution in [0.3, 0.4) is 0 Å². The molecule has 0 aliphatic heterocycles. The topological polar surface area (TPSA) is 80.5 Å². The molecule has 27 heavy (non-hydrogen) atoms. The van der Waals surface area contributed by atoms with Crippen molar-refractivity contribution in [1.29, 1.82) is 0 Å². The van der Waals surface area contributed by atoms with Crippen molar-refractivity contribution in [2.75, 3.05) is 5.73 Å². The molecule has 0 radical (unpaired) electrons. The van der Waals surface area contributed by atoms with E-state index in [9.17, 15) is 0 Å². The first-order chi connectivity index (χ1) is 12.9. The molecule has 3 aromatic heterocycles. The average Bonchev–Trinajstić information content (AvgIpc) is 3.00. The Labute approximate surface area is 158 Å². The number of pyridine rings is 1. The fourth-order valence-electron chi connectivity index (χ4n) is 3.67. The second kappa shape index (κ2) is 6.50. The van der Waals surface area contributed by atoms with Crippen LogP contribution in [0.5, 0.6) is 0 Å². The number of aromatic nitrogens is 4. The van der Waals surface area contributed by atoms with Gasteiger partial charge in [-0.05, 0) is 49.6 Å². The number of H-pyrrole nitrogens is 1.